The van der Waals surface area contributed by atoms with E-state index in [1.165, 1.54) is 17.7 Å². The van der Waals surface area contributed by atoms with Crippen molar-refractivity contribution in [3.05, 3.63) is 75.7 Å². The molecule has 1 heterocycles. The Kier molecular flexibility index (Phi) is 5.07. The van der Waals surface area contributed by atoms with Crippen LogP contribution in [0, 0.1) is 11.6 Å². The molecule has 1 N–H and O–H groups in total. The van der Waals surface area contributed by atoms with Gasteiger partial charge in [-0.3, -0.25) is 9.59 Å². The zero-order chi connectivity index (χ0) is 19.6. The Bertz CT molecular complexity index is 1120. The summed E-state index contributed by atoms with van der Waals surface area (Å²) in [6.07, 6.45) is 0. The second-order valence-corrected chi connectivity index (χ2v) is 5.78. The van der Waals surface area contributed by atoms with E-state index < -0.39 is 17.5 Å². The molecule has 138 valence electrons. The molecule has 0 saturated heterocycles. The molecule has 8 heteroatoms. The molecule has 0 radical (unpaired) electrons. The maximum atomic E-state index is 13.8. The maximum Gasteiger partial charge on any atom is 0.292 e. The molecule has 0 unspecified atom stereocenters. The van der Waals surface area contributed by atoms with E-state index in [2.05, 4.69) is 15.6 Å². The zero-order valence-corrected chi connectivity index (χ0v) is 14.7. The molecule has 0 saturated carbocycles. The van der Waals surface area contributed by atoms with Crippen molar-refractivity contribution in [2.45, 2.75) is 20.4 Å². The first-order chi connectivity index (χ1) is 12.9. The second kappa shape index (κ2) is 7.45. The Morgan fingerprint density at radius 2 is 1.89 bits per heavy atom. The number of hydrogen-bond acceptors (Lipinski definition) is 4. The van der Waals surface area contributed by atoms with E-state index in [4.69, 9.17) is 0 Å². The van der Waals surface area contributed by atoms with Crippen molar-refractivity contribution >= 4 is 22.4 Å². The number of nitrogens with zero attached hydrogens (tertiary/aromatic N) is 3. The molecule has 0 bridgehead atoms. The third-order valence-electron chi connectivity index (χ3n) is 4.03. The Hall–Kier alpha value is -3.42. The average Bonchev–Trinajstić information content (AvgIpc) is 2.66. The van der Waals surface area contributed by atoms with E-state index in [1.807, 2.05) is 0 Å². The summed E-state index contributed by atoms with van der Waals surface area (Å²) in [6, 6.07) is 9.71. The fraction of sp³-hybridized carbons (Fsp3) is 0.158. The van der Waals surface area contributed by atoms with Crippen LogP contribution in [0.2, 0.25) is 0 Å². The molecule has 3 aromatic rings. The van der Waals surface area contributed by atoms with Crippen LogP contribution in [0.1, 0.15) is 29.9 Å². The summed E-state index contributed by atoms with van der Waals surface area (Å²) in [7, 11) is 0. The number of hydrogen-bond donors (Lipinski definition) is 1. The molecule has 2 aromatic carbocycles. The predicted molar refractivity (Wildman–Crippen MR) is 97.7 cm³/mol. The number of nitrogens with one attached hydrogen (secondary N) is 1. The molecule has 1 aromatic heterocycles. The maximum absolute atomic E-state index is 13.8. The Labute approximate surface area is 153 Å². The number of hydrazone groups is 1. The number of halogens is 2. The normalized spacial score (nSPS) is 11.6. The third-order valence-corrected chi connectivity index (χ3v) is 4.03. The van der Waals surface area contributed by atoms with Crippen LogP contribution in [-0.4, -0.2) is 21.4 Å². The Morgan fingerprint density at radius 3 is 2.56 bits per heavy atom. The van der Waals surface area contributed by atoms with Gasteiger partial charge in [-0.1, -0.05) is 18.2 Å². The van der Waals surface area contributed by atoms with Gasteiger partial charge in [0, 0.05) is 23.6 Å². The van der Waals surface area contributed by atoms with Crippen molar-refractivity contribution in [1.29, 1.82) is 0 Å². The molecule has 27 heavy (non-hydrogen) atoms. The minimum Gasteiger partial charge on any atom is -0.267 e. The summed E-state index contributed by atoms with van der Waals surface area (Å²) >= 11 is 0. The van der Waals surface area contributed by atoms with Gasteiger partial charge in [0.05, 0.1) is 11.1 Å². The average molecular weight is 370 g/mol. The molecule has 0 aliphatic carbocycles. The van der Waals surface area contributed by atoms with Crippen molar-refractivity contribution in [1.82, 2.24) is 15.2 Å². The minimum absolute atomic E-state index is 0.0307. The van der Waals surface area contributed by atoms with Gasteiger partial charge in [-0.15, -0.1) is 0 Å². The highest BCUT2D eigenvalue weighted by molar-refractivity contribution is 6.06. The molecule has 0 aliphatic rings. The third kappa shape index (κ3) is 3.59. The van der Waals surface area contributed by atoms with Crippen molar-refractivity contribution in [2.75, 3.05) is 0 Å². The summed E-state index contributed by atoms with van der Waals surface area (Å²) in [4.78, 5) is 24.9. The van der Waals surface area contributed by atoms with E-state index in [-0.39, 0.29) is 22.5 Å². The van der Waals surface area contributed by atoms with Gasteiger partial charge in [-0.25, -0.2) is 18.9 Å². The van der Waals surface area contributed by atoms with Crippen LogP contribution in [0.3, 0.4) is 0 Å². The standard InChI is InChI=1S/C19H16F2N4O2/c1-3-25-19(27)15-7-5-4-6-14(15)17(24-25)18(26)23-22-11(2)13-9-8-12(20)10-16(13)21/h4-10H,3H2,1-2H3,(H,23,26)/b22-11+. The molecule has 0 atom stereocenters. The monoisotopic (exact) mass is 370 g/mol. The van der Waals surface area contributed by atoms with Gasteiger partial charge >= 0.3 is 0 Å². The van der Waals surface area contributed by atoms with Crippen molar-refractivity contribution < 1.29 is 13.6 Å². The Balaban J connectivity index is 1.97. The fourth-order valence-electron chi connectivity index (χ4n) is 2.65. The van der Waals surface area contributed by atoms with Gasteiger partial charge in [0.1, 0.15) is 11.6 Å². The molecule has 3 rings (SSSR count). The fourth-order valence-corrected chi connectivity index (χ4v) is 2.65. The van der Waals surface area contributed by atoms with Gasteiger partial charge < -0.3 is 0 Å². The quantitative estimate of drug-likeness (QED) is 0.567. The van der Waals surface area contributed by atoms with E-state index >= 15 is 0 Å². The lowest BCUT2D eigenvalue weighted by Crippen LogP contribution is -2.29. The molecule has 0 aliphatic heterocycles. The highest BCUT2D eigenvalue weighted by Crippen LogP contribution is 2.14. The van der Waals surface area contributed by atoms with Crippen molar-refractivity contribution in [3.63, 3.8) is 0 Å². The lowest BCUT2D eigenvalue weighted by molar-refractivity contribution is 0.0949. The van der Waals surface area contributed by atoms with Crippen molar-refractivity contribution in [2.24, 2.45) is 5.10 Å². The summed E-state index contributed by atoms with van der Waals surface area (Å²) in [6.45, 7) is 3.52. The van der Waals surface area contributed by atoms with Gasteiger partial charge in [0.2, 0.25) is 0 Å². The summed E-state index contributed by atoms with van der Waals surface area (Å²) in [5.74, 6) is -2.13. The summed E-state index contributed by atoms with van der Waals surface area (Å²) in [5.41, 5.74) is 2.27. The largest absolute Gasteiger partial charge is 0.292 e. The highest BCUT2D eigenvalue weighted by atomic mass is 19.1. The van der Waals surface area contributed by atoms with Crippen LogP contribution in [0.25, 0.3) is 10.8 Å². The predicted octanol–water partition coefficient (Wildman–Crippen LogP) is 2.85. The number of carbonyl (C=O) groups is 1. The topological polar surface area (TPSA) is 76.3 Å². The molecule has 1 amide bonds. The van der Waals surface area contributed by atoms with Gasteiger partial charge in [-0.2, -0.15) is 10.2 Å². The van der Waals surface area contributed by atoms with Crippen molar-refractivity contribution in [3.8, 4) is 0 Å². The van der Waals surface area contributed by atoms with Gasteiger partial charge in [0.15, 0.2) is 5.69 Å². The van der Waals surface area contributed by atoms with E-state index in [0.29, 0.717) is 17.3 Å². The van der Waals surface area contributed by atoms with Crippen LogP contribution >= 0.6 is 0 Å². The van der Waals surface area contributed by atoms with E-state index in [0.717, 1.165) is 12.1 Å². The number of benzene rings is 2. The Morgan fingerprint density at radius 1 is 1.19 bits per heavy atom. The first-order valence-electron chi connectivity index (χ1n) is 8.22. The smallest absolute Gasteiger partial charge is 0.267 e. The second-order valence-electron chi connectivity index (χ2n) is 5.78. The first kappa shape index (κ1) is 18.4. The van der Waals surface area contributed by atoms with Gasteiger partial charge in [-0.05, 0) is 32.0 Å². The lowest BCUT2D eigenvalue weighted by Gasteiger charge is -2.09. The number of aromatic nitrogens is 2. The van der Waals surface area contributed by atoms with Crippen LogP contribution in [0.4, 0.5) is 8.78 Å². The van der Waals surface area contributed by atoms with Crippen LogP contribution in [0.15, 0.2) is 52.4 Å². The summed E-state index contributed by atoms with van der Waals surface area (Å²) < 4.78 is 28.0. The molecule has 6 nitrogen and oxygen atoms in total. The number of carbonyl (C=O) groups excluding carboxylic acids is 1. The molecular formula is C19H16F2N4O2. The van der Waals surface area contributed by atoms with Crippen LogP contribution < -0.4 is 11.0 Å². The molecule has 0 fully saturated rings. The number of fused-ring (bicyclic) bond motifs is 1. The molecular weight excluding hydrogens is 354 g/mol. The number of aryl methyl sites for hydroxylation is 1. The molecule has 0 spiro atoms. The highest BCUT2D eigenvalue weighted by Gasteiger charge is 2.16. The lowest BCUT2D eigenvalue weighted by atomic mass is 10.1. The first-order valence-corrected chi connectivity index (χ1v) is 8.22. The summed E-state index contributed by atoms with van der Waals surface area (Å²) in [5, 5.41) is 8.73. The van der Waals surface area contributed by atoms with E-state index in [1.54, 1.807) is 31.2 Å². The number of rotatable bonds is 4. The van der Waals surface area contributed by atoms with Crippen LogP contribution in [0.5, 0.6) is 0 Å². The SMILES string of the molecule is CCn1nc(C(=O)N/N=C(\C)c2ccc(F)cc2F)c2ccccc2c1=O. The minimum atomic E-state index is -0.784. The van der Waals surface area contributed by atoms with Crippen LogP contribution in [-0.2, 0) is 6.54 Å². The van der Waals surface area contributed by atoms with Gasteiger partial charge in [0.25, 0.3) is 11.5 Å². The van der Waals surface area contributed by atoms with E-state index in [9.17, 15) is 18.4 Å². The zero-order valence-electron chi connectivity index (χ0n) is 14.7. The number of amides is 1.